The molecule has 3 rings (SSSR count). The maximum absolute atomic E-state index is 11.4. The second kappa shape index (κ2) is 6.57. The molecule has 1 aliphatic rings. The van der Waals surface area contributed by atoms with E-state index in [1.165, 1.54) is 11.8 Å². The number of sulfonamides is 1. The zero-order valence-electron chi connectivity index (χ0n) is 14.2. The first-order valence-corrected chi connectivity index (χ1v) is 9.92. The Balaban J connectivity index is 1.80. The molecule has 7 heteroatoms. The van der Waals surface area contributed by atoms with Gasteiger partial charge in [-0.2, -0.15) is 0 Å². The zero-order valence-corrected chi connectivity index (χ0v) is 15.1. The first kappa shape index (κ1) is 17.0. The highest BCUT2D eigenvalue weighted by Gasteiger charge is 2.22. The number of piperidine rings is 1. The summed E-state index contributed by atoms with van der Waals surface area (Å²) in [6.45, 7) is 3.65. The van der Waals surface area contributed by atoms with Gasteiger partial charge >= 0.3 is 0 Å². The maximum atomic E-state index is 11.4. The van der Waals surface area contributed by atoms with Crippen LogP contribution in [0.15, 0.2) is 24.3 Å². The number of hydrogen-bond acceptors (Lipinski definition) is 5. The lowest BCUT2D eigenvalue weighted by Gasteiger charge is -2.33. The number of rotatable bonds is 4. The van der Waals surface area contributed by atoms with E-state index >= 15 is 0 Å². The van der Waals surface area contributed by atoms with Gasteiger partial charge in [0.2, 0.25) is 10.0 Å². The van der Waals surface area contributed by atoms with Crippen LogP contribution in [0.2, 0.25) is 0 Å². The Kier molecular flexibility index (Phi) is 4.64. The van der Waals surface area contributed by atoms with Gasteiger partial charge in [0, 0.05) is 30.6 Å². The van der Waals surface area contributed by atoms with Crippen molar-refractivity contribution in [2.75, 3.05) is 31.4 Å². The Hall–Kier alpha value is -1.86. The van der Waals surface area contributed by atoms with E-state index in [4.69, 9.17) is 9.72 Å². The average molecular weight is 349 g/mol. The molecule has 0 aliphatic carbocycles. The molecule has 6 nitrogen and oxygen atoms in total. The second-order valence-electron chi connectivity index (χ2n) is 6.33. The van der Waals surface area contributed by atoms with Crippen LogP contribution < -0.4 is 14.4 Å². The number of pyridine rings is 1. The average Bonchev–Trinajstić information content (AvgIpc) is 2.53. The van der Waals surface area contributed by atoms with Gasteiger partial charge in [0.15, 0.2) is 0 Å². The molecule has 0 bridgehead atoms. The number of methoxy groups -OCH3 is 1. The second-order valence-corrected chi connectivity index (χ2v) is 8.11. The van der Waals surface area contributed by atoms with Gasteiger partial charge < -0.3 is 9.64 Å². The molecule has 2 heterocycles. The van der Waals surface area contributed by atoms with Gasteiger partial charge in [-0.05, 0) is 43.5 Å². The van der Waals surface area contributed by atoms with Gasteiger partial charge in [-0.25, -0.2) is 18.1 Å². The molecule has 1 fully saturated rings. The molecule has 1 aliphatic heterocycles. The van der Waals surface area contributed by atoms with Gasteiger partial charge in [0.05, 0.1) is 18.9 Å². The van der Waals surface area contributed by atoms with Gasteiger partial charge in [-0.1, -0.05) is 0 Å². The molecule has 0 saturated carbocycles. The van der Waals surface area contributed by atoms with Crippen LogP contribution in [-0.2, 0) is 10.0 Å². The minimum atomic E-state index is -3.15. The van der Waals surface area contributed by atoms with Crippen molar-refractivity contribution in [3.05, 3.63) is 29.8 Å². The Morgan fingerprint density at radius 1 is 1.25 bits per heavy atom. The van der Waals surface area contributed by atoms with Crippen molar-refractivity contribution in [3.8, 4) is 5.75 Å². The first-order chi connectivity index (χ1) is 11.4. The van der Waals surface area contributed by atoms with Crippen LogP contribution in [0, 0.1) is 6.92 Å². The van der Waals surface area contributed by atoms with Crippen molar-refractivity contribution in [2.45, 2.75) is 25.8 Å². The maximum Gasteiger partial charge on any atom is 0.208 e. The molecular weight excluding hydrogens is 326 g/mol. The molecule has 2 aromatic rings. The van der Waals surface area contributed by atoms with Crippen molar-refractivity contribution >= 4 is 26.7 Å². The van der Waals surface area contributed by atoms with Crippen molar-refractivity contribution in [3.63, 3.8) is 0 Å². The third-order valence-electron chi connectivity index (χ3n) is 4.41. The fraction of sp³-hybridized carbons (Fsp3) is 0.471. The predicted molar refractivity (Wildman–Crippen MR) is 96.2 cm³/mol. The number of hydrogen-bond donors (Lipinski definition) is 1. The van der Waals surface area contributed by atoms with E-state index in [-0.39, 0.29) is 6.04 Å². The standard InChI is InChI=1S/C17H23N3O3S/c1-12-10-17(18-16-11-14(23-2)4-5-15(12)16)20-8-6-13(7-9-20)19-24(3,21)22/h4-5,10-11,13,19H,6-9H2,1-3H3. The lowest BCUT2D eigenvalue weighted by atomic mass is 10.1. The summed E-state index contributed by atoms with van der Waals surface area (Å²) in [5.74, 6) is 1.73. The molecule has 0 atom stereocenters. The number of nitrogens with one attached hydrogen (secondary N) is 1. The minimum Gasteiger partial charge on any atom is -0.497 e. The summed E-state index contributed by atoms with van der Waals surface area (Å²) in [5, 5.41) is 1.12. The highest BCUT2D eigenvalue weighted by Crippen LogP contribution is 2.27. The number of aromatic nitrogens is 1. The van der Waals surface area contributed by atoms with Crippen molar-refractivity contribution in [1.29, 1.82) is 0 Å². The van der Waals surface area contributed by atoms with Crippen molar-refractivity contribution in [2.24, 2.45) is 0 Å². The Labute approximate surface area is 142 Å². The van der Waals surface area contributed by atoms with Crippen molar-refractivity contribution in [1.82, 2.24) is 9.71 Å². The Bertz CT molecular complexity index is 844. The third kappa shape index (κ3) is 3.79. The predicted octanol–water partition coefficient (Wildman–Crippen LogP) is 2.07. The first-order valence-electron chi connectivity index (χ1n) is 8.03. The number of anilines is 1. The van der Waals surface area contributed by atoms with Gasteiger partial charge in [0.1, 0.15) is 11.6 Å². The summed E-state index contributed by atoms with van der Waals surface area (Å²) < 4.78 is 30.7. The molecule has 24 heavy (non-hydrogen) atoms. The van der Waals surface area contributed by atoms with Gasteiger partial charge in [-0.15, -0.1) is 0 Å². The SMILES string of the molecule is COc1ccc2c(C)cc(N3CCC(NS(C)(=O)=O)CC3)nc2c1. The molecule has 0 unspecified atom stereocenters. The summed E-state index contributed by atoms with van der Waals surface area (Å²) in [7, 11) is -1.50. The molecule has 130 valence electrons. The highest BCUT2D eigenvalue weighted by atomic mass is 32.2. The summed E-state index contributed by atoms with van der Waals surface area (Å²) >= 11 is 0. The van der Waals surface area contributed by atoms with E-state index in [1.807, 2.05) is 18.2 Å². The van der Waals surface area contributed by atoms with Crippen LogP contribution in [0.1, 0.15) is 18.4 Å². The molecular formula is C17H23N3O3S. The largest absolute Gasteiger partial charge is 0.497 e. The lowest BCUT2D eigenvalue weighted by molar-refractivity contribution is 0.415. The fourth-order valence-corrected chi connectivity index (χ4v) is 4.02. The third-order valence-corrected chi connectivity index (χ3v) is 5.17. The summed E-state index contributed by atoms with van der Waals surface area (Å²) in [5.41, 5.74) is 2.09. The van der Waals surface area contributed by atoms with Gasteiger partial charge in [0.25, 0.3) is 0 Å². The van der Waals surface area contributed by atoms with E-state index in [1.54, 1.807) is 7.11 Å². The molecule has 1 aromatic heterocycles. The number of ether oxygens (including phenoxy) is 1. The zero-order chi connectivity index (χ0) is 17.3. The Morgan fingerprint density at radius 3 is 2.58 bits per heavy atom. The quantitative estimate of drug-likeness (QED) is 0.915. The normalized spacial score (nSPS) is 16.5. The lowest BCUT2D eigenvalue weighted by Crippen LogP contribution is -2.44. The van der Waals surface area contributed by atoms with Crippen LogP contribution in [0.25, 0.3) is 10.9 Å². The molecule has 0 spiro atoms. The van der Waals surface area contributed by atoms with E-state index < -0.39 is 10.0 Å². The van der Waals surface area contributed by atoms with Crippen molar-refractivity contribution < 1.29 is 13.2 Å². The number of fused-ring (bicyclic) bond motifs is 1. The highest BCUT2D eigenvalue weighted by molar-refractivity contribution is 7.88. The van der Waals surface area contributed by atoms with Crippen LogP contribution in [0.4, 0.5) is 5.82 Å². The number of nitrogens with zero attached hydrogens (tertiary/aromatic N) is 2. The molecule has 1 aromatic carbocycles. The summed E-state index contributed by atoms with van der Waals surface area (Å²) in [6.07, 6.45) is 2.77. The van der Waals surface area contributed by atoms with E-state index in [9.17, 15) is 8.42 Å². The monoisotopic (exact) mass is 349 g/mol. The number of benzene rings is 1. The Morgan fingerprint density at radius 2 is 1.96 bits per heavy atom. The number of aryl methyl sites for hydroxylation is 1. The molecule has 0 radical (unpaired) electrons. The van der Waals surface area contributed by atoms with Crippen LogP contribution in [0.5, 0.6) is 5.75 Å². The summed E-state index contributed by atoms with van der Waals surface area (Å²) in [6, 6.07) is 8.03. The molecule has 1 saturated heterocycles. The topological polar surface area (TPSA) is 71.5 Å². The fourth-order valence-electron chi connectivity index (χ4n) is 3.18. The van der Waals surface area contributed by atoms with E-state index in [2.05, 4.69) is 22.6 Å². The molecule has 1 N–H and O–H groups in total. The molecule has 0 amide bonds. The van der Waals surface area contributed by atoms with Gasteiger partial charge in [-0.3, -0.25) is 0 Å². The van der Waals surface area contributed by atoms with E-state index in [0.717, 1.165) is 48.4 Å². The van der Waals surface area contributed by atoms with Crippen LogP contribution in [0.3, 0.4) is 0 Å². The van der Waals surface area contributed by atoms with Crippen LogP contribution in [-0.4, -0.2) is 45.9 Å². The minimum absolute atomic E-state index is 0.0119. The van der Waals surface area contributed by atoms with E-state index in [0.29, 0.717) is 0 Å². The smallest absolute Gasteiger partial charge is 0.208 e. The van der Waals surface area contributed by atoms with Crippen LogP contribution >= 0.6 is 0 Å². The summed E-state index contributed by atoms with van der Waals surface area (Å²) in [4.78, 5) is 6.99.